The summed E-state index contributed by atoms with van der Waals surface area (Å²) >= 11 is 1.38. The second kappa shape index (κ2) is 8.23. The highest BCUT2D eigenvalue weighted by Crippen LogP contribution is 2.31. The summed E-state index contributed by atoms with van der Waals surface area (Å²) < 4.78 is 20.2. The maximum atomic E-state index is 13.3. The van der Waals surface area contributed by atoms with Gasteiger partial charge in [-0.1, -0.05) is 19.1 Å². The van der Waals surface area contributed by atoms with Crippen LogP contribution in [0.5, 0.6) is 5.75 Å². The summed E-state index contributed by atoms with van der Waals surface area (Å²) in [4.78, 5) is 33.8. The van der Waals surface area contributed by atoms with Crippen molar-refractivity contribution in [3.05, 3.63) is 79.8 Å². The molecule has 0 spiro atoms. The summed E-state index contributed by atoms with van der Waals surface area (Å²) in [5.41, 5.74) is 1.61. The molecule has 4 aromatic rings. The molecule has 3 heterocycles. The molecule has 0 bridgehead atoms. The first-order valence-electron chi connectivity index (χ1n) is 9.57. The fourth-order valence-electron chi connectivity index (χ4n) is 3.24. The first-order valence-corrected chi connectivity index (χ1v) is 10.4. The molecule has 0 saturated heterocycles. The van der Waals surface area contributed by atoms with Crippen LogP contribution in [0.4, 0.5) is 4.39 Å². The van der Waals surface area contributed by atoms with Gasteiger partial charge >= 0.3 is 0 Å². The topological polar surface area (TPSA) is 77.0 Å². The van der Waals surface area contributed by atoms with Gasteiger partial charge < -0.3 is 9.72 Å². The number of aromatic nitrogens is 3. The molecule has 0 saturated carbocycles. The number of ether oxygens (including phenoxy) is 1. The largest absolute Gasteiger partial charge is 0.488 e. The number of benzene rings is 1. The molecule has 0 amide bonds. The standard InChI is InChI=1S/C22H20FN3O3S/c1-3-8-29-19-10-24-16(9-18(19)27)11-26-13(2)25-21-20(22(26)28)17(12-30-21)14-4-6-15(23)7-5-14/h4-7,9-10,12H,3,8,11H2,1-2H3,(H,24,27). The van der Waals surface area contributed by atoms with Crippen molar-refractivity contribution >= 4 is 21.6 Å². The lowest BCUT2D eigenvalue weighted by Gasteiger charge is -2.11. The normalized spacial score (nSPS) is 11.2. The van der Waals surface area contributed by atoms with Gasteiger partial charge in [-0.2, -0.15) is 0 Å². The molecule has 1 N–H and O–H groups in total. The molecule has 4 rings (SSSR count). The van der Waals surface area contributed by atoms with Crippen molar-refractivity contribution in [1.82, 2.24) is 14.5 Å². The van der Waals surface area contributed by atoms with Gasteiger partial charge in [0.15, 0.2) is 5.75 Å². The number of halogens is 1. The Morgan fingerprint density at radius 3 is 2.70 bits per heavy atom. The summed E-state index contributed by atoms with van der Waals surface area (Å²) in [5, 5.41) is 2.35. The van der Waals surface area contributed by atoms with Gasteiger partial charge in [-0.05, 0) is 31.0 Å². The Morgan fingerprint density at radius 2 is 2.00 bits per heavy atom. The summed E-state index contributed by atoms with van der Waals surface area (Å²) in [6, 6.07) is 7.47. The van der Waals surface area contributed by atoms with E-state index in [1.807, 2.05) is 12.3 Å². The second-order valence-electron chi connectivity index (χ2n) is 6.92. The summed E-state index contributed by atoms with van der Waals surface area (Å²) in [6.07, 6.45) is 2.33. The van der Waals surface area contributed by atoms with Crippen LogP contribution in [0, 0.1) is 12.7 Å². The van der Waals surface area contributed by atoms with Gasteiger partial charge in [0.25, 0.3) is 5.56 Å². The van der Waals surface area contributed by atoms with E-state index >= 15 is 0 Å². The smallest absolute Gasteiger partial charge is 0.263 e. The highest BCUT2D eigenvalue weighted by atomic mass is 32.1. The highest BCUT2D eigenvalue weighted by Gasteiger charge is 2.16. The van der Waals surface area contributed by atoms with E-state index in [9.17, 15) is 14.0 Å². The van der Waals surface area contributed by atoms with Crippen molar-refractivity contribution in [2.75, 3.05) is 6.61 Å². The Hall–Kier alpha value is -3.26. The van der Waals surface area contributed by atoms with E-state index in [2.05, 4.69) is 9.97 Å². The zero-order valence-electron chi connectivity index (χ0n) is 16.6. The minimum atomic E-state index is -0.333. The molecule has 6 nitrogen and oxygen atoms in total. The first-order chi connectivity index (χ1) is 14.5. The lowest BCUT2D eigenvalue weighted by Crippen LogP contribution is -2.25. The number of fused-ring (bicyclic) bond motifs is 1. The van der Waals surface area contributed by atoms with Crippen LogP contribution < -0.4 is 15.7 Å². The van der Waals surface area contributed by atoms with Crippen LogP contribution in [0.2, 0.25) is 0 Å². The van der Waals surface area contributed by atoms with Crippen molar-refractivity contribution < 1.29 is 9.13 Å². The average Bonchev–Trinajstić information content (AvgIpc) is 3.15. The third kappa shape index (κ3) is 3.78. The lowest BCUT2D eigenvalue weighted by molar-refractivity contribution is 0.313. The molecule has 0 aliphatic heterocycles. The maximum Gasteiger partial charge on any atom is 0.263 e. The zero-order chi connectivity index (χ0) is 21.3. The summed E-state index contributed by atoms with van der Waals surface area (Å²) in [6.45, 7) is 4.36. The van der Waals surface area contributed by atoms with Gasteiger partial charge in [0, 0.05) is 28.9 Å². The SMILES string of the molecule is CCCOc1c[nH]c(Cn2c(C)nc3scc(-c4ccc(F)cc4)c3c2=O)cc1=O. The van der Waals surface area contributed by atoms with Crippen LogP contribution in [-0.4, -0.2) is 21.1 Å². The molecule has 0 aliphatic carbocycles. The Bertz CT molecular complexity index is 1320. The van der Waals surface area contributed by atoms with Crippen LogP contribution in [0.1, 0.15) is 24.9 Å². The fraction of sp³-hybridized carbons (Fsp3) is 0.227. The van der Waals surface area contributed by atoms with E-state index in [-0.39, 0.29) is 29.1 Å². The number of hydrogen-bond donors (Lipinski definition) is 1. The van der Waals surface area contributed by atoms with Crippen molar-refractivity contribution in [3.63, 3.8) is 0 Å². The Balaban J connectivity index is 1.75. The molecule has 8 heteroatoms. The van der Waals surface area contributed by atoms with E-state index in [0.717, 1.165) is 17.5 Å². The third-order valence-electron chi connectivity index (χ3n) is 4.77. The van der Waals surface area contributed by atoms with Crippen LogP contribution in [0.15, 0.2) is 51.5 Å². The maximum absolute atomic E-state index is 13.3. The van der Waals surface area contributed by atoms with Crippen molar-refractivity contribution in [1.29, 1.82) is 0 Å². The first kappa shape index (κ1) is 20.0. The van der Waals surface area contributed by atoms with E-state index in [1.54, 1.807) is 19.1 Å². The molecule has 3 aromatic heterocycles. The fourth-order valence-corrected chi connectivity index (χ4v) is 4.22. The molecular formula is C22H20FN3O3S. The number of pyridine rings is 1. The Kier molecular flexibility index (Phi) is 5.50. The predicted molar refractivity (Wildman–Crippen MR) is 116 cm³/mol. The predicted octanol–water partition coefficient (Wildman–Crippen LogP) is 4.10. The number of nitrogens with zero attached hydrogens (tertiary/aromatic N) is 2. The van der Waals surface area contributed by atoms with Crippen molar-refractivity contribution in [3.8, 4) is 16.9 Å². The zero-order valence-corrected chi connectivity index (χ0v) is 17.4. The minimum absolute atomic E-state index is 0.176. The molecule has 0 aliphatic rings. The summed E-state index contributed by atoms with van der Waals surface area (Å²) in [5.74, 6) is 0.474. The number of rotatable bonds is 6. The Morgan fingerprint density at radius 1 is 1.23 bits per heavy atom. The highest BCUT2D eigenvalue weighted by molar-refractivity contribution is 7.17. The van der Waals surface area contributed by atoms with Crippen LogP contribution in [0.3, 0.4) is 0 Å². The average molecular weight is 425 g/mol. The number of thiophene rings is 1. The molecule has 0 unspecified atom stereocenters. The van der Waals surface area contributed by atoms with E-state index in [1.165, 1.54) is 40.3 Å². The summed E-state index contributed by atoms with van der Waals surface area (Å²) in [7, 11) is 0. The van der Waals surface area contributed by atoms with E-state index in [0.29, 0.717) is 28.3 Å². The van der Waals surface area contributed by atoms with Gasteiger partial charge in [-0.3, -0.25) is 14.2 Å². The van der Waals surface area contributed by atoms with Crippen LogP contribution >= 0.6 is 11.3 Å². The minimum Gasteiger partial charge on any atom is -0.488 e. The molecule has 30 heavy (non-hydrogen) atoms. The molecular weight excluding hydrogens is 405 g/mol. The molecule has 0 atom stereocenters. The van der Waals surface area contributed by atoms with Crippen LogP contribution in [-0.2, 0) is 6.54 Å². The number of aryl methyl sites for hydroxylation is 1. The number of hydrogen-bond acceptors (Lipinski definition) is 5. The van der Waals surface area contributed by atoms with Gasteiger partial charge in [0.1, 0.15) is 16.5 Å². The number of aromatic amines is 1. The van der Waals surface area contributed by atoms with E-state index in [4.69, 9.17) is 4.74 Å². The van der Waals surface area contributed by atoms with Crippen molar-refractivity contribution in [2.45, 2.75) is 26.8 Å². The lowest BCUT2D eigenvalue weighted by atomic mass is 10.1. The molecule has 154 valence electrons. The molecule has 0 fully saturated rings. The Labute approximate surface area is 175 Å². The third-order valence-corrected chi connectivity index (χ3v) is 5.64. The number of H-pyrrole nitrogens is 1. The van der Waals surface area contributed by atoms with Crippen LogP contribution in [0.25, 0.3) is 21.3 Å². The van der Waals surface area contributed by atoms with Gasteiger partial charge in [-0.15, -0.1) is 11.3 Å². The monoisotopic (exact) mass is 425 g/mol. The van der Waals surface area contributed by atoms with Gasteiger partial charge in [-0.25, -0.2) is 9.37 Å². The quantitative estimate of drug-likeness (QED) is 0.505. The van der Waals surface area contributed by atoms with E-state index < -0.39 is 0 Å². The van der Waals surface area contributed by atoms with Crippen molar-refractivity contribution in [2.24, 2.45) is 0 Å². The molecule has 1 aromatic carbocycles. The van der Waals surface area contributed by atoms with Gasteiger partial charge in [0.05, 0.1) is 18.5 Å². The molecule has 0 radical (unpaired) electrons. The number of nitrogens with one attached hydrogen (secondary N) is 1. The second-order valence-corrected chi connectivity index (χ2v) is 7.78. The van der Waals surface area contributed by atoms with Gasteiger partial charge in [0.2, 0.25) is 5.43 Å².